The minimum absolute atomic E-state index is 0.709. The fourth-order valence-corrected chi connectivity index (χ4v) is 3.50. The lowest BCUT2D eigenvalue weighted by molar-refractivity contribution is 0.141. The Morgan fingerprint density at radius 2 is 1.78 bits per heavy atom. The average molecular weight is 362 g/mol. The van der Waals surface area contributed by atoms with Crippen LogP contribution < -0.4 is 5.32 Å². The van der Waals surface area contributed by atoms with Gasteiger partial charge in [0, 0.05) is 62.6 Å². The van der Waals surface area contributed by atoms with Gasteiger partial charge < -0.3 is 10.2 Å². The van der Waals surface area contributed by atoms with Gasteiger partial charge in [0.15, 0.2) is 5.82 Å². The van der Waals surface area contributed by atoms with Gasteiger partial charge in [-0.15, -0.1) is 0 Å². The van der Waals surface area contributed by atoms with E-state index in [1.807, 2.05) is 30.3 Å². The van der Waals surface area contributed by atoms with Crippen LogP contribution in [-0.4, -0.2) is 70.6 Å². The molecule has 3 heterocycles. The summed E-state index contributed by atoms with van der Waals surface area (Å²) in [6.07, 6.45) is 3.57. The standard InChI is InChI=1S/C21H26N6/c1-2-26-12-14-27(15-13-26)11-10-23-21-18-7-3-4-8-19(18)24-20(25-21)17-6-5-9-22-16-17/h3-9,16H,2,10-15H2,1H3,(H,23,24,25). The monoisotopic (exact) mass is 362 g/mol. The van der Waals surface area contributed by atoms with Crippen molar-refractivity contribution < 1.29 is 0 Å². The molecule has 1 saturated heterocycles. The minimum atomic E-state index is 0.709. The minimum Gasteiger partial charge on any atom is -0.368 e. The molecule has 0 spiro atoms. The maximum absolute atomic E-state index is 4.79. The normalized spacial score (nSPS) is 15.9. The summed E-state index contributed by atoms with van der Waals surface area (Å²) >= 11 is 0. The number of nitrogens with zero attached hydrogens (tertiary/aromatic N) is 5. The highest BCUT2D eigenvalue weighted by molar-refractivity contribution is 5.90. The van der Waals surface area contributed by atoms with Gasteiger partial charge in [0.25, 0.3) is 0 Å². The number of fused-ring (bicyclic) bond motifs is 1. The molecule has 0 saturated carbocycles. The molecule has 140 valence electrons. The van der Waals surface area contributed by atoms with E-state index in [2.05, 4.69) is 33.1 Å². The number of benzene rings is 1. The third-order valence-corrected chi connectivity index (χ3v) is 5.16. The fraction of sp³-hybridized carbons (Fsp3) is 0.381. The molecule has 27 heavy (non-hydrogen) atoms. The van der Waals surface area contributed by atoms with Crippen LogP contribution in [0.1, 0.15) is 6.92 Å². The second-order valence-electron chi connectivity index (χ2n) is 6.86. The van der Waals surface area contributed by atoms with Crippen LogP contribution in [0, 0.1) is 0 Å². The summed E-state index contributed by atoms with van der Waals surface area (Å²) in [5, 5.41) is 4.60. The topological polar surface area (TPSA) is 57.2 Å². The zero-order chi connectivity index (χ0) is 18.5. The molecule has 1 aromatic carbocycles. The summed E-state index contributed by atoms with van der Waals surface area (Å²) in [5.74, 6) is 1.60. The number of rotatable bonds is 6. The van der Waals surface area contributed by atoms with Crippen LogP contribution in [0.5, 0.6) is 0 Å². The molecule has 0 atom stereocenters. The molecule has 4 rings (SSSR count). The van der Waals surface area contributed by atoms with Crippen LogP contribution >= 0.6 is 0 Å². The molecule has 1 N–H and O–H groups in total. The Hall–Kier alpha value is -2.57. The summed E-state index contributed by atoms with van der Waals surface area (Å²) in [6.45, 7) is 9.89. The number of para-hydroxylation sites is 1. The van der Waals surface area contributed by atoms with Crippen molar-refractivity contribution in [1.82, 2.24) is 24.8 Å². The van der Waals surface area contributed by atoms with Gasteiger partial charge in [0.2, 0.25) is 0 Å². The van der Waals surface area contributed by atoms with Gasteiger partial charge in [-0.25, -0.2) is 9.97 Å². The molecule has 0 unspecified atom stereocenters. The van der Waals surface area contributed by atoms with Crippen LogP contribution in [0.3, 0.4) is 0 Å². The molecule has 2 aromatic heterocycles. The number of piperazine rings is 1. The number of hydrogen-bond acceptors (Lipinski definition) is 6. The first-order valence-corrected chi connectivity index (χ1v) is 9.69. The Kier molecular flexibility index (Phi) is 5.55. The van der Waals surface area contributed by atoms with Crippen molar-refractivity contribution >= 4 is 16.7 Å². The molecule has 1 aliphatic rings. The lowest BCUT2D eigenvalue weighted by Crippen LogP contribution is -2.47. The van der Waals surface area contributed by atoms with Crippen LogP contribution in [0.15, 0.2) is 48.8 Å². The summed E-state index contributed by atoms with van der Waals surface area (Å²) < 4.78 is 0. The molecule has 0 amide bonds. The average Bonchev–Trinajstić information content (AvgIpc) is 2.74. The van der Waals surface area contributed by atoms with E-state index in [1.165, 1.54) is 0 Å². The quantitative estimate of drug-likeness (QED) is 0.728. The highest BCUT2D eigenvalue weighted by Gasteiger charge is 2.15. The van der Waals surface area contributed by atoms with E-state index < -0.39 is 0 Å². The largest absolute Gasteiger partial charge is 0.368 e. The second kappa shape index (κ2) is 8.41. The SMILES string of the molecule is CCN1CCN(CCNc2nc(-c3cccnc3)nc3ccccc23)CC1. The zero-order valence-corrected chi connectivity index (χ0v) is 15.8. The third-order valence-electron chi connectivity index (χ3n) is 5.16. The summed E-state index contributed by atoms with van der Waals surface area (Å²) in [7, 11) is 0. The smallest absolute Gasteiger partial charge is 0.163 e. The maximum Gasteiger partial charge on any atom is 0.163 e. The summed E-state index contributed by atoms with van der Waals surface area (Å²) in [6, 6.07) is 12.1. The number of likely N-dealkylation sites (N-methyl/N-ethyl adjacent to an activating group) is 1. The predicted octanol–water partition coefficient (Wildman–Crippen LogP) is 2.74. The highest BCUT2D eigenvalue weighted by atomic mass is 15.3. The number of hydrogen-bond donors (Lipinski definition) is 1. The Balaban J connectivity index is 1.49. The lowest BCUT2D eigenvalue weighted by Gasteiger charge is -2.34. The van der Waals surface area contributed by atoms with Crippen molar-refractivity contribution in [2.75, 3.05) is 51.1 Å². The van der Waals surface area contributed by atoms with E-state index in [0.717, 1.165) is 68.1 Å². The first kappa shape index (κ1) is 17.8. The molecule has 1 fully saturated rings. The molecule has 6 heteroatoms. The third kappa shape index (κ3) is 4.23. The second-order valence-corrected chi connectivity index (χ2v) is 6.86. The van der Waals surface area contributed by atoms with Gasteiger partial charge in [-0.3, -0.25) is 9.88 Å². The molecule has 0 aliphatic carbocycles. The molecular weight excluding hydrogens is 336 g/mol. The predicted molar refractivity (Wildman–Crippen MR) is 110 cm³/mol. The summed E-state index contributed by atoms with van der Waals surface area (Å²) in [4.78, 5) is 18.7. The van der Waals surface area contributed by atoms with Crippen molar-refractivity contribution in [2.24, 2.45) is 0 Å². The van der Waals surface area contributed by atoms with Crippen molar-refractivity contribution in [2.45, 2.75) is 6.92 Å². The molecule has 3 aromatic rings. The highest BCUT2D eigenvalue weighted by Crippen LogP contribution is 2.24. The first-order chi connectivity index (χ1) is 13.3. The molecule has 0 radical (unpaired) electrons. The van der Waals surface area contributed by atoms with Crippen LogP contribution in [0.2, 0.25) is 0 Å². The van der Waals surface area contributed by atoms with E-state index in [1.54, 1.807) is 12.4 Å². The van der Waals surface area contributed by atoms with Crippen molar-refractivity contribution in [3.8, 4) is 11.4 Å². The van der Waals surface area contributed by atoms with E-state index in [-0.39, 0.29) is 0 Å². The maximum atomic E-state index is 4.79. The van der Waals surface area contributed by atoms with Crippen LogP contribution in [0.25, 0.3) is 22.3 Å². The molecule has 1 aliphatic heterocycles. The van der Waals surface area contributed by atoms with Crippen LogP contribution in [-0.2, 0) is 0 Å². The lowest BCUT2D eigenvalue weighted by atomic mass is 10.2. The van der Waals surface area contributed by atoms with Gasteiger partial charge in [0.05, 0.1) is 5.52 Å². The zero-order valence-electron chi connectivity index (χ0n) is 15.8. The van der Waals surface area contributed by atoms with Gasteiger partial charge in [-0.1, -0.05) is 19.1 Å². The van der Waals surface area contributed by atoms with E-state index >= 15 is 0 Å². The van der Waals surface area contributed by atoms with Crippen molar-refractivity contribution in [3.05, 3.63) is 48.8 Å². The molecule has 6 nitrogen and oxygen atoms in total. The van der Waals surface area contributed by atoms with Crippen molar-refractivity contribution in [3.63, 3.8) is 0 Å². The number of aromatic nitrogens is 3. The number of pyridine rings is 1. The molecule has 0 bridgehead atoms. The Labute approximate surface area is 160 Å². The first-order valence-electron chi connectivity index (χ1n) is 9.69. The Morgan fingerprint density at radius 1 is 0.963 bits per heavy atom. The van der Waals surface area contributed by atoms with Gasteiger partial charge >= 0.3 is 0 Å². The van der Waals surface area contributed by atoms with Crippen LogP contribution in [0.4, 0.5) is 5.82 Å². The number of nitrogens with one attached hydrogen (secondary N) is 1. The fourth-order valence-electron chi connectivity index (χ4n) is 3.50. The van der Waals surface area contributed by atoms with Gasteiger partial charge in [0.1, 0.15) is 5.82 Å². The molecular formula is C21H26N6. The van der Waals surface area contributed by atoms with Gasteiger partial charge in [-0.2, -0.15) is 0 Å². The van der Waals surface area contributed by atoms with Gasteiger partial charge in [-0.05, 0) is 30.8 Å². The Morgan fingerprint density at radius 3 is 2.56 bits per heavy atom. The Bertz CT molecular complexity index is 874. The van der Waals surface area contributed by atoms with E-state index in [4.69, 9.17) is 9.97 Å². The van der Waals surface area contributed by atoms with Crippen molar-refractivity contribution in [1.29, 1.82) is 0 Å². The summed E-state index contributed by atoms with van der Waals surface area (Å²) in [5.41, 5.74) is 1.88. The van der Waals surface area contributed by atoms with E-state index in [9.17, 15) is 0 Å². The number of anilines is 1. The van der Waals surface area contributed by atoms with E-state index in [0.29, 0.717) is 5.82 Å².